The van der Waals surface area contributed by atoms with Gasteiger partial charge in [0.1, 0.15) is 28.3 Å². The van der Waals surface area contributed by atoms with E-state index in [1.807, 2.05) is 0 Å². The van der Waals surface area contributed by atoms with Crippen LogP contribution >= 0.6 is 23.2 Å². The Kier molecular flexibility index (Phi) is 7.27. The van der Waals surface area contributed by atoms with Crippen LogP contribution in [0.2, 0.25) is 10.3 Å². The van der Waals surface area contributed by atoms with E-state index in [1.165, 1.54) is 38.4 Å². The third-order valence-electron chi connectivity index (χ3n) is 3.66. The van der Waals surface area contributed by atoms with Gasteiger partial charge < -0.3 is 19.1 Å². The number of methoxy groups -OCH3 is 3. The summed E-state index contributed by atoms with van der Waals surface area (Å²) in [4.78, 5) is 29.9. The summed E-state index contributed by atoms with van der Waals surface area (Å²) in [5.41, 5.74) is 0.821. The van der Waals surface area contributed by atoms with Gasteiger partial charge in [0.05, 0.1) is 26.9 Å². The van der Waals surface area contributed by atoms with Crippen LogP contribution in [0, 0.1) is 0 Å². The number of pyridine rings is 1. The third-order valence-corrected chi connectivity index (χ3v) is 4.16. The monoisotopic (exact) mass is 412 g/mol. The number of rotatable bonds is 7. The molecule has 0 fully saturated rings. The van der Waals surface area contributed by atoms with E-state index in [9.17, 15) is 9.59 Å². The molecular formula is C18H18Cl2N2O5. The van der Waals surface area contributed by atoms with Crippen molar-refractivity contribution < 1.29 is 23.8 Å². The number of nitrogens with zero attached hydrogens (tertiary/aromatic N) is 2. The molecule has 1 heterocycles. The smallest absolute Gasteiger partial charge is 0.325 e. The second-order valence-corrected chi connectivity index (χ2v) is 6.18. The molecule has 0 N–H and O–H groups in total. The number of benzene rings is 1. The molecule has 2 rings (SSSR count). The fourth-order valence-corrected chi connectivity index (χ4v) is 2.77. The SMILES string of the molecule is COC(=O)CN(Cc1cc(OC)cc(OC)c1)C(=O)c1ccc(Cl)nc1Cl. The summed E-state index contributed by atoms with van der Waals surface area (Å²) < 4.78 is 15.2. The van der Waals surface area contributed by atoms with E-state index in [-0.39, 0.29) is 29.0 Å². The van der Waals surface area contributed by atoms with Gasteiger partial charge >= 0.3 is 5.97 Å². The normalized spacial score (nSPS) is 10.3. The molecule has 0 bridgehead atoms. The predicted octanol–water partition coefficient (Wildman–Crippen LogP) is 3.22. The first-order chi connectivity index (χ1) is 12.9. The van der Waals surface area contributed by atoms with E-state index in [2.05, 4.69) is 4.98 Å². The maximum absolute atomic E-state index is 12.9. The van der Waals surface area contributed by atoms with Crippen molar-refractivity contribution in [3.05, 3.63) is 51.8 Å². The minimum atomic E-state index is -0.573. The zero-order chi connectivity index (χ0) is 20.0. The van der Waals surface area contributed by atoms with Gasteiger partial charge in [0, 0.05) is 12.6 Å². The zero-order valence-electron chi connectivity index (χ0n) is 15.0. The van der Waals surface area contributed by atoms with E-state index < -0.39 is 11.9 Å². The molecule has 0 unspecified atom stereocenters. The maximum Gasteiger partial charge on any atom is 0.325 e. The Balaban J connectivity index is 2.37. The highest BCUT2D eigenvalue weighted by Crippen LogP contribution is 2.25. The van der Waals surface area contributed by atoms with Gasteiger partial charge in [-0.1, -0.05) is 23.2 Å². The topological polar surface area (TPSA) is 78.0 Å². The number of halogens is 2. The van der Waals surface area contributed by atoms with Crippen molar-refractivity contribution in [3.63, 3.8) is 0 Å². The number of carbonyl (C=O) groups excluding carboxylic acids is 2. The summed E-state index contributed by atoms with van der Waals surface area (Å²) >= 11 is 11.8. The van der Waals surface area contributed by atoms with Crippen molar-refractivity contribution in [3.8, 4) is 11.5 Å². The molecular weight excluding hydrogens is 395 g/mol. The van der Waals surface area contributed by atoms with Gasteiger partial charge in [-0.3, -0.25) is 9.59 Å². The summed E-state index contributed by atoms with van der Waals surface area (Å²) in [6.07, 6.45) is 0. The van der Waals surface area contributed by atoms with Crippen molar-refractivity contribution in [1.29, 1.82) is 0 Å². The number of hydrogen-bond acceptors (Lipinski definition) is 6. The third kappa shape index (κ3) is 5.48. The molecule has 0 radical (unpaired) electrons. The summed E-state index contributed by atoms with van der Waals surface area (Å²) in [7, 11) is 4.29. The molecule has 2 aromatic rings. The molecule has 0 aliphatic rings. The zero-order valence-corrected chi connectivity index (χ0v) is 16.5. The lowest BCUT2D eigenvalue weighted by atomic mass is 10.1. The van der Waals surface area contributed by atoms with Gasteiger partial charge in [0.2, 0.25) is 0 Å². The van der Waals surface area contributed by atoms with Gasteiger partial charge in [0.25, 0.3) is 5.91 Å². The van der Waals surface area contributed by atoms with Crippen LogP contribution in [0.3, 0.4) is 0 Å². The minimum Gasteiger partial charge on any atom is -0.497 e. The van der Waals surface area contributed by atoms with E-state index in [1.54, 1.807) is 18.2 Å². The van der Waals surface area contributed by atoms with Crippen LogP contribution in [0.1, 0.15) is 15.9 Å². The fraction of sp³-hybridized carbons (Fsp3) is 0.278. The standard InChI is InChI=1S/C18H18Cl2N2O5/c1-25-12-6-11(7-13(8-12)26-2)9-22(10-16(23)27-3)18(24)14-4-5-15(19)21-17(14)20/h4-8H,9-10H2,1-3H3. The molecule has 144 valence electrons. The molecule has 1 amide bonds. The predicted molar refractivity (Wildman–Crippen MR) is 101 cm³/mol. The molecule has 0 saturated carbocycles. The average molecular weight is 413 g/mol. The molecule has 0 atom stereocenters. The summed E-state index contributed by atoms with van der Waals surface area (Å²) in [5.74, 6) is 0.0506. The summed E-state index contributed by atoms with van der Waals surface area (Å²) in [6, 6.07) is 8.08. The van der Waals surface area contributed by atoms with Crippen LogP contribution in [-0.2, 0) is 16.1 Å². The first kappa shape index (κ1) is 20.8. The lowest BCUT2D eigenvalue weighted by Crippen LogP contribution is -2.36. The lowest BCUT2D eigenvalue weighted by Gasteiger charge is -2.22. The molecule has 1 aromatic carbocycles. The molecule has 7 nitrogen and oxygen atoms in total. The molecule has 27 heavy (non-hydrogen) atoms. The number of hydrogen-bond donors (Lipinski definition) is 0. The highest BCUT2D eigenvalue weighted by molar-refractivity contribution is 6.34. The molecule has 0 saturated heterocycles. The van der Waals surface area contributed by atoms with Gasteiger partial charge in [-0.25, -0.2) is 4.98 Å². The maximum atomic E-state index is 12.9. The fourth-order valence-electron chi connectivity index (χ4n) is 2.34. The van der Waals surface area contributed by atoms with E-state index in [0.29, 0.717) is 17.1 Å². The van der Waals surface area contributed by atoms with Crippen molar-refractivity contribution in [2.24, 2.45) is 0 Å². The van der Waals surface area contributed by atoms with Gasteiger partial charge in [-0.15, -0.1) is 0 Å². The van der Waals surface area contributed by atoms with Gasteiger partial charge in [-0.05, 0) is 29.8 Å². The Labute approximate surface area is 166 Å². The first-order valence-corrected chi connectivity index (χ1v) is 8.53. The van der Waals surface area contributed by atoms with Crippen LogP contribution in [-0.4, -0.2) is 49.6 Å². The quantitative estimate of drug-likeness (QED) is 0.513. The first-order valence-electron chi connectivity index (χ1n) is 7.78. The van der Waals surface area contributed by atoms with Gasteiger partial charge in [0.15, 0.2) is 0 Å². The second kappa shape index (κ2) is 9.43. The highest BCUT2D eigenvalue weighted by Gasteiger charge is 2.23. The lowest BCUT2D eigenvalue weighted by molar-refractivity contribution is -0.141. The van der Waals surface area contributed by atoms with Crippen molar-refractivity contribution >= 4 is 35.1 Å². The number of aromatic nitrogens is 1. The van der Waals surface area contributed by atoms with Crippen molar-refractivity contribution in [2.75, 3.05) is 27.9 Å². The summed E-state index contributed by atoms with van der Waals surface area (Å²) in [6.45, 7) is -0.172. The second-order valence-electron chi connectivity index (χ2n) is 5.43. The van der Waals surface area contributed by atoms with Crippen molar-refractivity contribution in [2.45, 2.75) is 6.54 Å². The number of esters is 1. The van der Waals surface area contributed by atoms with Crippen LogP contribution in [0.15, 0.2) is 30.3 Å². The molecule has 9 heteroatoms. The van der Waals surface area contributed by atoms with Crippen LogP contribution in [0.4, 0.5) is 0 Å². The van der Waals surface area contributed by atoms with Gasteiger partial charge in [-0.2, -0.15) is 0 Å². The van der Waals surface area contributed by atoms with E-state index in [0.717, 1.165) is 0 Å². The number of carbonyl (C=O) groups is 2. The Morgan fingerprint density at radius 2 is 1.67 bits per heavy atom. The highest BCUT2D eigenvalue weighted by atomic mass is 35.5. The molecule has 0 aliphatic carbocycles. The van der Waals surface area contributed by atoms with E-state index >= 15 is 0 Å². The largest absolute Gasteiger partial charge is 0.497 e. The minimum absolute atomic E-state index is 0.0504. The molecule has 1 aromatic heterocycles. The average Bonchev–Trinajstić information content (AvgIpc) is 2.66. The summed E-state index contributed by atoms with van der Waals surface area (Å²) in [5, 5.41) is 0.110. The Bertz CT molecular complexity index is 822. The Hall–Kier alpha value is -2.51. The van der Waals surface area contributed by atoms with Crippen LogP contribution in [0.5, 0.6) is 11.5 Å². The Morgan fingerprint density at radius 3 is 2.19 bits per heavy atom. The number of amides is 1. The van der Waals surface area contributed by atoms with Crippen LogP contribution in [0.25, 0.3) is 0 Å². The molecule has 0 spiro atoms. The van der Waals surface area contributed by atoms with E-state index in [4.69, 9.17) is 37.4 Å². The van der Waals surface area contributed by atoms with Crippen LogP contribution < -0.4 is 9.47 Å². The van der Waals surface area contributed by atoms with Crippen molar-refractivity contribution in [1.82, 2.24) is 9.88 Å². The Morgan fingerprint density at radius 1 is 1.04 bits per heavy atom. The number of ether oxygens (including phenoxy) is 3. The molecule has 0 aliphatic heterocycles.